The number of aromatic nitrogens is 2. The summed E-state index contributed by atoms with van der Waals surface area (Å²) < 4.78 is 8.78. The van der Waals surface area contributed by atoms with E-state index in [-0.39, 0.29) is 0 Å². The first-order valence-corrected chi connectivity index (χ1v) is 19.6. The normalized spacial score (nSPS) is 11.6. The van der Waals surface area contributed by atoms with Crippen molar-refractivity contribution >= 4 is 53.4 Å². The molecule has 262 valence electrons. The zero-order chi connectivity index (χ0) is 37.0. The third-order valence-corrected chi connectivity index (χ3v) is 11.9. The highest BCUT2D eigenvalue weighted by atomic mass is 32.1. The molecule has 56 heavy (non-hydrogen) atoms. The highest BCUT2D eigenvalue weighted by Gasteiger charge is 2.18. The van der Waals surface area contributed by atoms with Crippen LogP contribution in [-0.2, 0) is 0 Å². The Morgan fingerprint density at radius 1 is 0.339 bits per heavy atom. The molecule has 3 aromatic heterocycles. The van der Waals surface area contributed by atoms with Crippen LogP contribution < -0.4 is 0 Å². The van der Waals surface area contributed by atoms with E-state index in [0.717, 1.165) is 77.8 Å². The Labute approximate surface area is 327 Å². The summed E-state index contributed by atoms with van der Waals surface area (Å²) in [5.41, 5.74) is 13.5. The van der Waals surface area contributed by atoms with Crippen molar-refractivity contribution in [2.75, 3.05) is 0 Å². The van der Waals surface area contributed by atoms with Crippen LogP contribution in [0.25, 0.3) is 109 Å². The second-order valence-corrected chi connectivity index (χ2v) is 15.2. The van der Waals surface area contributed by atoms with Crippen molar-refractivity contribution in [3.63, 3.8) is 0 Å². The van der Waals surface area contributed by atoms with Crippen LogP contribution in [0.3, 0.4) is 0 Å². The fraction of sp³-hybridized carbons (Fsp3) is 0. The minimum absolute atomic E-state index is 0.696. The number of nitrogens with zero attached hydrogens (tertiary/aromatic N) is 2. The zero-order valence-corrected chi connectivity index (χ0v) is 31.0. The van der Waals surface area contributed by atoms with Gasteiger partial charge in [0.2, 0.25) is 0 Å². The maximum atomic E-state index is 6.22. The molecule has 0 N–H and O–H groups in total. The smallest absolute Gasteiger partial charge is 0.160 e. The van der Waals surface area contributed by atoms with Crippen LogP contribution >= 0.6 is 11.3 Å². The first kappa shape index (κ1) is 32.3. The molecular formula is C52H32N2OS. The molecule has 0 aliphatic carbocycles. The lowest BCUT2D eigenvalue weighted by Gasteiger charge is -2.16. The quantitative estimate of drug-likeness (QED) is 0.171. The number of para-hydroxylation sites is 1. The SMILES string of the molecule is c1ccc(-c2cc(-c3cc(-c4ccccc4-c4ccc5oc6ccccc6c5c4)cc(-c4cccc5c4sc4ccccc45)c3)nc(-c3ccccc3)n2)cc1. The van der Waals surface area contributed by atoms with Crippen molar-refractivity contribution in [3.05, 3.63) is 194 Å². The van der Waals surface area contributed by atoms with E-state index in [1.165, 1.54) is 25.7 Å². The summed E-state index contributed by atoms with van der Waals surface area (Å²) in [5.74, 6) is 0.696. The molecule has 11 rings (SSSR count). The van der Waals surface area contributed by atoms with Crippen LogP contribution in [0, 0.1) is 0 Å². The van der Waals surface area contributed by atoms with Crippen molar-refractivity contribution in [1.82, 2.24) is 9.97 Å². The van der Waals surface area contributed by atoms with Gasteiger partial charge in [-0.1, -0.05) is 146 Å². The van der Waals surface area contributed by atoms with Gasteiger partial charge in [-0.15, -0.1) is 11.3 Å². The fourth-order valence-electron chi connectivity index (χ4n) is 8.01. The van der Waals surface area contributed by atoms with Crippen LogP contribution in [-0.4, -0.2) is 9.97 Å². The largest absolute Gasteiger partial charge is 0.456 e. The average Bonchev–Trinajstić information content (AvgIpc) is 3.85. The summed E-state index contributed by atoms with van der Waals surface area (Å²) in [7, 11) is 0. The van der Waals surface area contributed by atoms with Crippen molar-refractivity contribution < 1.29 is 4.42 Å². The highest BCUT2D eigenvalue weighted by molar-refractivity contribution is 7.26. The van der Waals surface area contributed by atoms with E-state index in [4.69, 9.17) is 14.4 Å². The molecule has 0 saturated carbocycles. The van der Waals surface area contributed by atoms with E-state index in [2.05, 4.69) is 158 Å². The molecule has 0 saturated heterocycles. The summed E-state index contributed by atoms with van der Waals surface area (Å²) in [4.78, 5) is 10.4. The number of rotatable bonds is 6. The summed E-state index contributed by atoms with van der Waals surface area (Å²) in [6, 6.07) is 68.7. The standard InChI is InChI=1S/C52H32N2OS/c1-3-14-33(15-4-1)46-32-47(54-52(53-46)34-16-5-2-6-17-34)38-29-36(28-37(30-38)41-22-13-23-44-43-21-10-12-25-50(43)56-51(41)44)40-19-8-7-18-39(40)35-26-27-49-45(31-35)42-20-9-11-24-48(42)55-49/h1-32H. The third-order valence-electron chi connectivity index (χ3n) is 10.7. The van der Waals surface area contributed by atoms with Crippen molar-refractivity contribution in [2.45, 2.75) is 0 Å². The van der Waals surface area contributed by atoms with E-state index in [9.17, 15) is 0 Å². The molecule has 3 nitrogen and oxygen atoms in total. The Hall–Kier alpha value is -7.14. The molecule has 0 atom stereocenters. The highest BCUT2D eigenvalue weighted by Crippen LogP contribution is 2.44. The number of furan rings is 1. The van der Waals surface area contributed by atoms with Gasteiger partial charge in [0.15, 0.2) is 5.82 Å². The molecule has 0 unspecified atom stereocenters. The molecular weight excluding hydrogens is 701 g/mol. The molecule has 0 radical (unpaired) electrons. The minimum atomic E-state index is 0.696. The molecule has 0 aliphatic rings. The van der Waals surface area contributed by atoms with E-state index >= 15 is 0 Å². The van der Waals surface area contributed by atoms with Crippen LogP contribution in [0.1, 0.15) is 0 Å². The Bertz CT molecular complexity index is 3190. The Morgan fingerprint density at radius 3 is 1.71 bits per heavy atom. The van der Waals surface area contributed by atoms with Gasteiger partial charge in [0.1, 0.15) is 11.2 Å². The van der Waals surface area contributed by atoms with Gasteiger partial charge in [0, 0.05) is 47.6 Å². The van der Waals surface area contributed by atoms with Gasteiger partial charge in [0.25, 0.3) is 0 Å². The second kappa shape index (κ2) is 13.3. The van der Waals surface area contributed by atoms with Gasteiger partial charge >= 0.3 is 0 Å². The molecule has 0 amide bonds. The van der Waals surface area contributed by atoms with Gasteiger partial charge in [-0.2, -0.15) is 0 Å². The minimum Gasteiger partial charge on any atom is -0.456 e. The van der Waals surface area contributed by atoms with E-state index in [1.807, 2.05) is 47.7 Å². The summed E-state index contributed by atoms with van der Waals surface area (Å²) in [6.07, 6.45) is 0. The van der Waals surface area contributed by atoms with Crippen molar-refractivity contribution in [1.29, 1.82) is 0 Å². The third kappa shape index (κ3) is 5.58. The number of fused-ring (bicyclic) bond motifs is 6. The zero-order valence-electron chi connectivity index (χ0n) is 30.2. The number of thiophene rings is 1. The lowest BCUT2D eigenvalue weighted by Crippen LogP contribution is -1.96. The molecule has 0 fully saturated rings. The lowest BCUT2D eigenvalue weighted by molar-refractivity contribution is 0.669. The Balaban J connectivity index is 1.16. The lowest BCUT2D eigenvalue weighted by atomic mass is 9.89. The van der Waals surface area contributed by atoms with Crippen LogP contribution in [0.4, 0.5) is 0 Å². The van der Waals surface area contributed by atoms with Gasteiger partial charge in [-0.3, -0.25) is 0 Å². The summed E-state index contributed by atoms with van der Waals surface area (Å²) >= 11 is 1.85. The molecule has 0 aliphatic heterocycles. The molecule has 3 heterocycles. The van der Waals surface area contributed by atoms with Gasteiger partial charge in [-0.05, 0) is 81.9 Å². The van der Waals surface area contributed by atoms with Crippen molar-refractivity contribution in [3.8, 4) is 67.3 Å². The molecule has 4 heteroatoms. The van der Waals surface area contributed by atoms with Gasteiger partial charge in [-0.25, -0.2) is 9.97 Å². The molecule has 11 aromatic rings. The molecule has 8 aromatic carbocycles. The Kier molecular flexibility index (Phi) is 7.68. The van der Waals surface area contributed by atoms with Crippen LogP contribution in [0.2, 0.25) is 0 Å². The average molecular weight is 733 g/mol. The number of hydrogen-bond acceptors (Lipinski definition) is 4. The summed E-state index contributed by atoms with van der Waals surface area (Å²) in [6.45, 7) is 0. The number of hydrogen-bond donors (Lipinski definition) is 0. The van der Waals surface area contributed by atoms with E-state index < -0.39 is 0 Å². The molecule has 0 spiro atoms. The Morgan fingerprint density at radius 2 is 0.911 bits per heavy atom. The predicted octanol–water partition coefficient (Wildman–Crippen LogP) is 14.7. The van der Waals surface area contributed by atoms with Gasteiger partial charge in [0.05, 0.1) is 11.4 Å². The summed E-state index contributed by atoms with van der Waals surface area (Å²) in [5, 5.41) is 4.79. The van der Waals surface area contributed by atoms with E-state index in [1.54, 1.807) is 0 Å². The van der Waals surface area contributed by atoms with E-state index in [0.29, 0.717) is 5.82 Å². The first-order valence-electron chi connectivity index (χ1n) is 18.8. The second-order valence-electron chi connectivity index (χ2n) is 14.1. The first-order chi connectivity index (χ1) is 27.7. The fourth-order valence-corrected chi connectivity index (χ4v) is 9.25. The van der Waals surface area contributed by atoms with Crippen LogP contribution in [0.5, 0.6) is 0 Å². The number of benzene rings is 8. The monoisotopic (exact) mass is 732 g/mol. The van der Waals surface area contributed by atoms with Crippen LogP contribution in [0.15, 0.2) is 199 Å². The topological polar surface area (TPSA) is 38.9 Å². The van der Waals surface area contributed by atoms with Crippen molar-refractivity contribution in [2.24, 2.45) is 0 Å². The molecule has 0 bridgehead atoms. The maximum absolute atomic E-state index is 6.22. The maximum Gasteiger partial charge on any atom is 0.160 e. The predicted molar refractivity (Wildman–Crippen MR) is 235 cm³/mol. The van der Waals surface area contributed by atoms with Gasteiger partial charge < -0.3 is 4.42 Å².